The van der Waals surface area contributed by atoms with E-state index >= 15 is 0 Å². The number of hydrogen-bond acceptors (Lipinski definition) is 7. The Kier molecular flexibility index (Phi) is 5.82. The maximum Gasteiger partial charge on any atom is 0.325 e. The molecule has 0 aromatic carbocycles. The standard InChI is InChI=1S/C19H26N6O5/c26-15-4-2-1-3-13(15)14-11-25(24-23-14)19(5-7-30-8-6-19)17(28)20-10-12-9-16(27)22-18(29)21-12/h9,11,13,15,26H,1-8,10H2,(H,20,28)(H2,21,22,27,29). The maximum atomic E-state index is 13.2. The summed E-state index contributed by atoms with van der Waals surface area (Å²) in [4.78, 5) is 40.7. The van der Waals surface area contributed by atoms with Gasteiger partial charge in [-0.1, -0.05) is 18.1 Å². The highest BCUT2D eigenvalue weighted by atomic mass is 16.5. The Labute approximate surface area is 171 Å². The molecule has 1 saturated heterocycles. The van der Waals surface area contributed by atoms with Crippen molar-refractivity contribution in [2.75, 3.05) is 13.2 Å². The first kappa shape index (κ1) is 20.5. The van der Waals surface area contributed by atoms with E-state index in [2.05, 4.69) is 25.6 Å². The number of carbonyl (C=O) groups is 1. The summed E-state index contributed by atoms with van der Waals surface area (Å²) in [6.07, 6.45) is 5.77. The van der Waals surface area contributed by atoms with Crippen molar-refractivity contribution in [1.82, 2.24) is 30.3 Å². The zero-order valence-electron chi connectivity index (χ0n) is 16.6. The van der Waals surface area contributed by atoms with Gasteiger partial charge in [-0.25, -0.2) is 9.48 Å². The van der Waals surface area contributed by atoms with E-state index < -0.39 is 22.9 Å². The molecule has 2 aromatic heterocycles. The zero-order valence-corrected chi connectivity index (χ0v) is 16.6. The van der Waals surface area contributed by atoms with Crippen LogP contribution in [0.25, 0.3) is 0 Å². The van der Waals surface area contributed by atoms with Gasteiger partial charge in [-0.15, -0.1) is 5.10 Å². The van der Waals surface area contributed by atoms with Crippen molar-refractivity contribution in [2.24, 2.45) is 0 Å². The zero-order chi connectivity index (χ0) is 21.1. The van der Waals surface area contributed by atoms with E-state index in [9.17, 15) is 19.5 Å². The van der Waals surface area contributed by atoms with Crippen molar-refractivity contribution in [3.05, 3.63) is 44.5 Å². The smallest absolute Gasteiger partial charge is 0.325 e. The second-order valence-corrected chi connectivity index (χ2v) is 7.99. The van der Waals surface area contributed by atoms with Gasteiger partial charge in [0.1, 0.15) is 5.54 Å². The Hall–Kier alpha value is -2.79. The van der Waals surface area contributed by atoms with Gasteiger partial charge in [0.05, 0.1) is 24.5 Å². The quantitative estimate of drug-likeness (QED) is 0.510. The first-order chi connectivity index (χ1) is 14.5. The SMILES string of the molecule is O=C(NCc1cc(=O)[nH]c(=O)[nH]1)C1(n2cc(C3CCCCC3O)nn2)CCOCC1. The van der Waals surface area contributed by atoms with Gasteiger partial charge < -0.3 is 20.1 Å². The second kappa shape index (κ2) is 8.52. The summed E-state index contributed by atoms with van der Waals surface area (Å²) in [7, 11) is 0. The van der Waals surface area contributed by atoms with Crippen LogP contribution in [-0.2, 0) is 21.6 Å². The fourth-order valence-electron chi connectivity index (χ4n) is 4.34. The maximum absolute atomic E-state index is 13.2. The molecule has 11 heteroatoms. The van der Waals surface area contributed by atoms with Crippen molar-refractivity contribution in [1.29, 1.82) is 0 Å². The lowest BCUT2D eigenvalue weighted by atomic mass is 9.84. The number of amides is 1. The van der Waals surface area contributed by atoms with Crippen LogP contribution in [0.15, 0.2) is 21.9 Å². The average Bonchev–Trinajstić information content (AvgIpc) is 3.23. The van der Waals surface area contributed by atoms with Crippen LogP contribution < -0.4 is 16.6 Å². The number of aliphatic hydroxyl groups is 1. The van der Waals surface area contributed by atoms with Crippen molar-refractivity contribution in [3.8, 4) is 0 Å². The van der Waals surface area contributed by atoms with E-state index in [0.29, 0.717) is 37.4 Å². The number of ether oxygens (including phenoxy) is 1. The average molecular weight is 418 g/mol. The van der Waals surface area contributed by atoms with E-state index in [-0.39, 0.29) is 18.4 Å². The van der Waals surface area contributed by atoms with E-state index in [1.54, 1.807) is 10.9 Å². The number of rotatable bonds is 5. The molecule has 2 aromatic rings. The van der Waals surface area contributed by atoms with Crippen molar-refractivity contribution < 1.29 is 14.6 Å². The predicted octanol–water partition coefficient (Wildman–Crippen LogP) is -0.505. The van der Waals surface area contributed by atoms with Crippen molar-refractivity contribution >= 4 is 5.91 Å². The Morgan fingerprint density at radius 1 is 1.27 bits per heavy atom. The monoisotopic (exact) mass is 418 g/mol. The molecule has 4 N–H and O–H groups in total. The fraction of sp³-hybridized carbons (Fsp3) is 0.632. The lowest BCUT2D eigenvalue weighted by Crippen LogP contribution is -2.52. The number of aromatic amines is 2. The molecule has 2 fully saturated rings. The molecule has 162 valence electrons. The van der Waals surface area contributed by atoms with E-state index in [4.69, 9.17) is 4.74 Å². The lowest BCUT2D eigenvalue weighted by Gasteiger charge is -2.35. The van der Waals surface area contributed by atoms with Gasteiger partial charge in [0.25, 0.3) is 5.56 Å². The summed E-state index contributed by atoms with van der Waals surface area (Å²) in [5.74, 6) is -0.360. The number of aromatic nitrogens is 5. The van der Waals surface area contributed by atoms with Crippen LogP contribution in [0.1, 0.15) is 55.8 Å². The summed E-state index contributed by atoms with van der Waals surface area (Å²) >= 11 is 0. The van der Waals surface area contributed by atoms with Gasteiger partial charge >= 0.3 is 5.69 Å². The Bertz CT molecular complexity index is 977. The van der Waals surface area contributed by atoms with Gasteiger partial charge in [-0.2, -0.15) is 0 Å². The minimum absolute atomic E-state index is 0.00347. The summed E-state index contributed by atoms with van der Waals surface area (Å²) in [5.41, 5.74) is -1.14. The molecule has 11 nitrogen and oxygen atoms in total. The highest BCUT2D eigenvalue weighted by Crippen LogP contribution is 2.34. The third-order valence-corrected chi connectivity index (χ3v) is 6.06. The van der Waals surface area contributed by atoms with Gasteiger partial charge in [0, 0.05) is 43.7 Å². The van der Waals surface area contributed by atoms with E-state index in [1.165, 1.54) is 6.07 Å². The fourth-order valence-corrected chi connectivity index (χ4v) is 4.34. The Balaban J connectivity index is 1.56. The first-order valence-electron chi connectivity index (χ1n) is 10.3. The summed E-state index contributed by atoms with van der Waals surface area (Å²) in [6.45, 7) is 0.802. The third kappa shape index (κ3) is 4.08. The second-order valence-electron chi connectivity index (χ2n) is 7.99. The van der Waals surface area contributed by atoms with E-state index in [0.717, 1.165) is 25.7 Å². The summed E-state index contributed by atoms with van der Waals surface area (Å²) in [6, 6.07) is 1.23. The highest BCUT2D eigenvalue weighted by molar-refractivity contribution is 5.84. The number of nitrogens with one attached hydrogen (secondary N) is 3. The topological polar surface area (TPSA) is 155 Å². The molecule has 1 saturated carbocycles. The van der Waals surface area contributed by atoms with Gasteiger partial charge in [-0.05, 0) is 12.8 Å². The van der Waals surface area contributed by atoms with Crippen LogP contribution >= 0.6 is 0 Å². The third-order valence-electron chi connectivity index (χ3n) is 6.06. The van der Waals surface area contributed by atoms with Crippen LogP contribution in [0.5, 0.6) is 0 Å². The van der Waals surface area contributed by atoms with Gasteiger partial charge in [-0.3, -0.25) is 14.6 Å². The predicted molar refractivity (Wildman–Crippen MR) is 105 cm³/mol. The van der Waals surface area contributed by atoms with Crippen LogP contribution in [0.2, 0.25) is 0 Å². The molecular weight excluding hydrogens is 392 g/mol. The van der Waals surface area contributed by atoms with Crippen molar-refractivity contribution in [3.63, 3.8) is 0 Å². The van der Waals surface area contributed by atoms with Gasteiger partial charge in [0.2, 0.25) is 5.91 Å². The molecule has 0 radical (unpaired) electrons. The molecule has 1 aliphatic heterocycles. The molecule has 0 spiro atoms. The van der Waals surface area contributed by atoms with Gasteiger partial charge in [0.15, 0.2) is 0 Å². The molecule has 2 unspecified atom stereocenters. The Morgan fingerprint density at radius 3 is 2.77 bits per heavy atom. The molecule has 2 atom stereocenters. The lowest BCUT2D eigenvalue weighted by molar-refractivity contribution is -0.136. The number of H-pyrrole nitrogens is 2. The Morgan fingerprint density at radius 2 is 2.03 bits per heavy atom. The highest BCUT2D eigenvalue weighted by Gasteiger charge is 2.43. The first-order valence-corrected chi connectivity index (χ1v) is 10.3. The minimum atomic E-state index is -0.982. The number of aliphatic hydroxyl groups excluding tert-OH is 1. The largest absolute Gasteiger partial charge is 0.392 e. The van der Waals surface area contributed by atoms with Crippen LogP contribution in [-0.4, -0.2) is 55.3 Å². The molecule has 2 aliphatic rings. The molecular formula is C19H26N6O5. The molecule has 1 aliphatic carbocycles. The molecule has 1 amide bonds. The molecule has 4 rings (SSSR count). The van der Waals surface area contributed by atoms with E-state index in [1.807, 2.05) is 0 Å². The normalized spacial score (nSPS) is 23.8. The van der Waals surface area contributed by atoms with Crippen molar-refractivity contribution in [2.45, 2.75) is 62.6 Å². The molecule has 3 heterocycles. The number of nitrogens with zero attached hydrogens (tertiary/aromatic N) is 3. The number of hydrogen-bond donors (Lipinski definition) is 4. The summed E-state index contributed by atoms with van der Waals surface area (Å²) < 4.78 is 7.04. The molecule has 0 bridgehead atoms. The summed E-state index contributed by atoms with van der Waals surface area (Å²) in [5, 5.41) is 21.7. The molecule has 30 heavy (non-hydrogen) atoms. The minimum Gasteiger partial charge on any atom is -0.392 e. The van der Waals surface area contributed by atoms with Crippen LogP contribution in [0, 0.1) is 0 Å². The van der Waals surface area contributed by atoms with Crippen LogP contribution in [0.3, 0.4) is 0 Å². The van der Waals surface area contributed by atoms with Crippen LogP contribution in [0.4, 0.5) is 0 Å². The number of carbonyl (C=O) groups excluding carboxylic acids is 1.